The fraction of sp³-hybridized carbons (Fsp3) is 0.167. The Morgan fingerprint density at radius 1 is 1.12 bits per heavy atom. The summed E-state index contributed by atoms with van der Waals surface area (Å²) < 4.78 is 7.02. The van der Waals surface area contributed by atoms with E-state index in [9.17, 15) is 5.11 Å². The molecule has 2 rings (SSSR count). The van der Waals surface area contributed by atoms with Crippen molar-refractivity contribution in [3.05, 3.63) is 56.9 Å². The Morgan fingerprint density at radius 2 is 1.88 bits per heavy atom. The summed E-state index contributed by atoms with van der Waals surface area (Å²) in [4.78, 5) is 0. The van der Waals surface area contributed by atoms with Crippen LogP contribution in [0.2, 0.25) is 0 Å². The molecule has 0 aliphatic carbocycles. The summed E-state index contributed by atoms with van der Waals surface area (Å²) in [5, 5.41) is 10.0. The van der Waals surface area contributed by atoms with E-state index in [1.54, 1.807) is 12.3 Å². The lowest BCUT2D eigenvalue weighted by Crippen LogP contribution is -2.01. The van der Waals surface area contributed by atoms with E-state index in [-0.39, 0.29) is 0 Å². The van der Waals surface area contributed by atoms with Crippen molar-refractivity contribution >= 4 is 31.9 Å². The summed E-state index contributed by atoms with van der Waals surface area (Å²) in [5.74, 6) is 0.566. The van der Waals surface area contributed by atoms with E-state index in [1.165, 1.54) is 0 Å². The van der Waals surface area contributed by atoms with Crippen molar-refractivity contribution in [2.75, 3.05) is 0 Å². The molecule has 0 fully saturated rings. The van der Waals surface area contributed by atoms with Crippen LogP contribution in [0.25, 0.3) is 0 Å². The van der Waals surface area contributed by atoms with Crippen molar-refractivity contribution < 1.29 is 9.52 Å². The molecule has 1 unspecified atom stereocenters. The van der Waals surface area contributed by atoms with Crippen molar-refractivity contribution in [3.8, 4) is 0 Å². The zero-order valence-electron chi connectivity index (χ0n) is 8.36. The maximum Gasteiger partial charge on any atom is 0.146 e. The zero-order valence-corrected chi connectivity index (χ0v) is 11.5. The van der Waals surface area contributed by atoms with Gasteiger partial charge in [0.25, 0.3) is 0 Å². The highest BCUT2D eigenvalue weighted by molar-refractivity contribution is 9.10. The van der Waals surface area contributed by atoms with E-state index in [4.69, 9.17) is 4.42 Å². The van der Waals surface area contributed by atoms with Gasteiger partial charge in [-0.2, -0.15) is 0 Å². The molecule has 1 heterocycles. The normalized spacial score (nSPS) is 12.7. The molecule has 1 aromatic carbocycles. The Hall–Kier alpha value is -0.580. The first-order chi connectivity index (χ1) is 7.68. The number of furan rings is 1. The molecule has 1 N–H and O–H groups in total. The summed E-state index contributed by atoms with van der Waals surface area (Å²) in [6.45, 7) is 0. The summed E-state index contributed by atoms with van der Waals surface area (Å²) in [7, 11) is 0. The topological polar surface area (TPSA) is 33.4 Å². The number of hydrogen-bond donors (Lipinski definition) is 1. The minimum absolute atomic E-state index is 0.521. The number of benzene rings is 1. The molecule has 0 saturated carbocycles. The molecule has 0 spiro atoms. The quantitative estimate of drug-likeness (QED) is 0.909. The molecule has 1 aromatic heterocycles. The van der Waals surface area contributed by atoms with Gasteiger partial charge in [0.05, 0.1) is 10.7 Å². The molecule has 84 valence electrons. The van der Waals surface area contributed by atoms with E-state index in [0.717, 1.165) is 14.5 Å². The van der Waals surface area contributed by atoms with E-state index in [0.29, 0.717) is 12.2 Å². The Kier molecular flexibility index (Phi) is 3.84. The smallest absolute Gasteiger partial charge is 0.146 e. The van der Waals surface area contributed by atoms with Gasteiger partial charge in [0.2, 0.25) is 0 Å². The number of rotatable bonds is 3. The van der Waals surface area contributed by atoms with Crippen LogP contribution in [0.15, 0.2) is 50.0 Å². The molecule has 0 amide bonds. The molecule has 2 nitrogen and oxygen atoms in total. The van der Waals surface area contributed by atoms with Crippen LogP contribution in [0.3, 0.4) is 0 Å². The van der Waals surface area contributed by atoms with Crippen LogP contribution in [0, 0.1) is 0 Å². The molecule has 2 aromatic rings. The highest BCUT2D eigenvalue weighted by atomic mass is 79.9. The lowest BCUT2D eigenvalue weighted by molar-refractivity contribution is 0.149. The lowest BCUT2D eigenvalue weighted by atomic mass is 10.1. The molecule has 0 aliphatic rings. The van der Waals surface area contributed by atoms with Crippen LogP contribution in [-0.4, -0.2) is 5.11 Å². The Morgan fingerprint density at radius 3 is 2.50 bits per heavy atom. The molecule has 1 atom stereocenters. The third-order valence-corrected chi connectivity index (χ3v) is 3.75. The van der Waals surface area contributed by atoms with Gasteiger partial charge in [-0.25, -0.2) is 0 Å². The van der Waals surface area contributed by atoms with Crippen LogP contribution in [0.1, 0.15) is 17.4 Å². The first kappa shape index (κ1) is 11.9. The number of aliphatic hydroxyl groups is 1. The minimum Gasteiger partial charge on any atom is -0.465 e. The maximum atomic E-state index is 10.0. The van der Waals surface area contributed by atoms with Gasteiger partial charge in [0.15, 0.2) is 0 Å². The second-order valence-corrected chi connectivity index (χ2v) is 5.15. The standard InChI is InChI=1S/C12H10Br2O2/c13-9-4-2-1-3-8(9)7-11(15)12-10(14)5-6-16-12/h1-6,11,15H,7H2. The second-order valence-electron chi connectivity index (χ2n) is 3.44. The third-order valence-electron chi connectivity index (χ3n) is 2.32. The van der Waals surface area contributed by atoms with Gasteiger partial charge in [0.1, 0.15) is 11.9 Å². The predicted molar refractivity (Wildman–Crippen MR) is 69.2 cm³/mol. The third kappa shape index (κ3) is 2.56. The monoisotopic (exact) mass is 344 g/mol. The highest BCUT2D eigenvalue weighted by Gasteiger charge is 2.16. The largest absolute Gasteiger partial charge is 0.465 e. The van der Waals surface area contributed by atoms with Gasteiger partial charge in [0, 0.05) is 10.9 Å². The number of halogens is 2. The molecular formula is C12H10Br2O2. The average Bonchev–Trinajstić information content (AvgIpc) is 2.68. The summed E-state index contributed by atoms with van der Waals surface area (Å²) in [5.41, 5.74) is 1.05. The first-order valence-corrected chi connectivity index (χ1v) is 6.41. The first-order valence-electron chi connectivity index (χ1n) is 4.83. The summed E-state index contributed by atoms with van der Waals surface area (Å²) in [6.07, 6.45) is 1.44. The fourth-order valence-corrected chi connectivity index (χ4v) is 2.42. The van der Waals surface area contributed by atoms with Crippen molar-refractivity contribution in [1.29, 1.82) is 0 Å². The van der Waals surface area contributed by atoms with Crippen molar-refractivity contribution in [2.45, 2.75) is 12.5 Å². The number of aliphatic hydroxyl groups excluding tert-OH is 1. The Labute approximate surface area is 111 Å². The number of hydrogen-bond acceptors (Lipinski definition) is 2. The molecule has 0 radical (unpaired) electrons. The zero-order chi connectivity index (χ0) is 11.5. The van der Waals surface area contributed by atoms with Crippen LogP contribution >= 0.6 is 31.9 Å². The Balaban J connectivity index is 2.17. The van der Waals surface area contributed by atoms with Crippen LogP contribution in [-0.2, 0) is 6.42 Å². The van der Waals surface area contributed by atoms with Crippen molar-refractivity contribution in [1.82, 2.24) is 0 Å². The van der Waals surface area contributed by atoms with Crippen molar-refractivity contribution in [2.24, 2.45) is 0 Å². The van der Waals surface area contributed by atoms with Crippen LogP contribution in [0.4, 0.5) is 0 Å². The molecule has 4 heteroatoms. The SMILES string of the molecule is OC(Cc1ccccc1Br)c1occc1Br. The minimum atomic E-state index is -0.636. The average molecular weight is 346 g/mol. The maximum absolute atomic E-state index is 10.0. The second kappa shape index (κ2) is 5.17. The molecular weight excluding hydrogens is 336 g/mol. The molecule has 0 aliphatic heterocycles. The van der Waals surface area contributed by atoms with E-state index in [1.807, 2.05) is 24.3 Å². The van der Waals surface area contributed by atoms with E-state index in [2.05, 4.69) is 31.9 Å². The summed E-state index contributed by atoms with van der Waals surface area (Å²) in [6, 6.07) is 9.61. The van der Waals surface area contributed by atoms with Gasteiger partial charge >= 0.3 is 0 Å². The Bertz CT molecular complexity index is 479. The van der Waals surface area contributed by atoms with Gasteiger partial charge < -0.3 is 9.52 Å². The van der Waals surface area contributed by atoms with Gasteiger partial charge in [-0.05, 0) is 33.6 Å². The molecule has 16 heavy (non-hydrogen) atoms. The fourth-order valence-electron chi connectivity index (χ4n) is 1.51. The van der Waals surface area contributed by atoms with Crippen molar-refractivity contribution in [3.63, 3.8) is 0 Å². The molecule has 0 saturated heterocycles. The lowest BCUT2D eigenvalue weighted by Gasteiger charge is -2.09. The highest BCUT2D eigenvalue weighted by Crippen LogP contribution is 2.28. The van der Waals surface area contributed by atoms with Gasteiger partial charge in [-0.3, -0.25) is 0 Å². The van der Waals surface area contributed by atoms with Crippen LogP contribution in [0.5, 0.6) is 0 Å². The van der Waals surface area contributed by atoms with E-state index >= 15 is 0 Å². The van der Waals surface area contributed by atoms with Gasteiger partial charge in [-0.15, -0.1) is 0 Å². The van der Waals surface area contributed by atoms with Crippen LogP contribution < -0.4 is 0 Å². The van der Waals surface area contributed by atoms with E-state index < -0.39 is 6.10 Å². The van der Waals surface area contributed by atoms with Gasteiger partial charge in [-0.1, -0.05) is 34.1 Å². The predicted octanol–water partition coefficient (Wildman–Crippen LogP) is 4.08. The molecule has 0 bridgehead atoms. The summed E-state index contributed by atoms with van der Waals surface area (Å²) >= 11 is 6.79.